The predicted molar refractivity (Wildman–Crippen MR) is 73.4 cm³/mol. The van der Waals surface area contributed by atoms with Crippen molar-refractivity contribution in [1.82, 2.24) is 0 Å². The van der Waals surface area contributed by atoms with E-state index in [0.29, 0.717) is 18.7 Å². The van der Waals surface area contributed by atoms with Gasteiger partial charge in [-0.2, -0.15) is 8.78 Å². The summed E-state index contributed by atoms with van der Waals surface area (Å²) in [7, 11) is 0. The number of rotatable bonds is 7. The van der Waals surface area contributed by atoms with Crippen LogP contribution in [0.5, 0.6) is 5.75 Å². The highest BCUT2D eigenvalue weighted by molar-refractivity contribution is 5.85. The molecule has 0 aromatic heterocycles. The summed E-state index contributed by atoms with van der Waals surface area (Å²) in [5.41, 5.74) is 5.55. The van der Waals surface area contributed by atoms with E-state index in [4.69, 9.17) is 10.9 Å². The lowest BCUT2D eigenvalue weighted by molar-refractivity contribution is -0.0493. The first-order valence-electron chi connectivity index (χ1n) is 6.12. The Labute approximate surface area is 116 Å². The van der Waals surface area contributed by atoms with E-state index >= 15 is 0 Å². The van der Waals surface area contributed by atoms with E-state index in [9.17, 15) is 8.78 Å². The summed E-state index contributed by atoms with van der Waals surface area (Å²) in [6.07, 6.45) is 0.561. The van der Waals surface area contributed by atoms with E-state index in [-0.39, 0.29) is 11.6 Å². The minimum absolute atomic E-state index is 0.0871. The molecule has 0 bridgehead atoms. The lowest BCUT2D eigenvalue weighted by Gasteiger charge is -2.23. The minimum Gasteiger partial charge on any atom is -0.433 e. The third-order valence-electron chi connectivity index (χ3n) is 2.97. The summed E-state index contributed by atoms with van der Waals surface area (Å²) in [6, 6.07) is 6.44. The van der Waals surface area contributed by atoms with E-state index in [1.807, 2.05) is 13.8 Å². The Morgan fingerprint density at radius 1 is 1.45 bits per heavy atom. The fourth-order valence-corrected chi connectivity index (χ4v) is 1.58. The van der Waals surface area contributed by atoms with Gasteiger partial charge in [0.2, 0.25) is 0 Å². The molecule has 7 heteroatoms. The monoisotopic (exact) mass is 287 g/mol. The molecule has 0 saturated heterocycles. The zero-order valence-corrected chi connectivity index (χ0v) is 11.4. The average Bonchev–Trinajstić information content (AvgIpc) is 2.39. The summed E-state index contributed by atoms with van der Waals surface area (Å²) in [5.74, 6) is 0.209. The molecule has 0 amide bonds. The number of nitrogens with two attached hydrogens (primary N) is 1. The number of benzene rings is 1. The first-order valence-corrected chi connectivity index (χ1v) is 6.12. The zero-order valence-electron chi connectivity index (χ0n) is 11.4. The normalized spacial score (nSPS) is 12.6. The number of hydrogen-bond acceptors (Lipinski definition) is 4. The number of ether oxygens (including phenoxy) is 1. The third kappa shape index (κ3) is 4.56. The molecule has 112 valence electrons. The molecule has 0 unspecified atom stereocenters. The van der Waals surface area contributed by atoms with Crippen LogP contribution in [0.4, 0.5) is 14.5 Å². The summed E-state index contributed by atoms with van der Waals surface area (Å²) >= 11 is 0. The lowest BCUT2D eigenvalue weighted by Crippen LogP contribution is -2.33. The van der Waals surface area contributed by atoms with Crippen molar-refractivity contribution >= 4 is 11.5 Å². The van der Waals surface area contributed by atoms with E-state index in [1.165, 1.54) is 6.07 Å². The number of halogens is 2. The highest BCUT2D eigenvalue weighted by atomic mass is 19.3. The fraction of sp³-hybridized carbons (Fsp3) is 0.462. The Kier molecular flexibility index (Phi) is 5.54. The Morgan fingerprint density at radius 3 is 2.70 bits per heavy atom. The molecule has 1 aromatic carbocycles. The van der Waals surface area contributed by atoms with E-state index < -0.39 is 12.0 Å². The summed E-state index contributed by atoms with van der Waals surface area (Å²) in [6.45, 7) is 1.25. The molecular formula is C13H19F2N3O2. The molecule has 0 spiro atoms. The lowest BCUT2D eigenvalue weighted by atomic mass is 9.88. The first-order chi connectivity index (χ1) is 9.36. The van der Waals surface area contributed by atoms with Crippen LogP contribution in [0.2, 0.25) is 0 Å². The van der Waals surface area contributed by atoms with Gasteiger partial charge in [-0.15, -0.1) is 0 Å². The molecule has 0 aliphatic carbocycles. The first kappa shape index (κ1) is 16.0. The van der Waals surface area contributed by atoms with Gasteiger partial charge in [0.1, 0.15) is 11.6 Å². The average molecular weight is 287 g/mol. The van der Waals surface area contributed by atoms with Crippen molar-refractivity contribution in [3.63, 3.8) is 0 Å². The molecule has 0 radical (unpaired) electrons. The van der Waals surface area contributed by atoms with Crippen molar-refractivity contribution in [3.05, 3.63) is 24.3 Å². The topological polar surface area (TPSA) is 79.9 Å². The Morgan fingerprint density at radius 2 is 2.10 bits per heavy atom. The summed E-state index contributed by atoms with van der Waals surface area (Å²) < 4.78 is 28.9. The Hall–Kier alpha value is -2.05. The van der Waals surface area contributed by atoms with Gasteiger partial charge in [-0.05, 0) is 18.6 Å². The van der Waals surface area contributed by atoms with Gasteiger partial charge in [-0.3, -0.25) is 0 Å². The number of oxime groups is 1. The summed E-state index contributed by atoms with van der Waals surface area (Å²) in [5, 5.41) is 14.7. The van der Waals surface area contributed by atoms with Crippen LogP contribution in [-0.2, 0) is 0 Å². The molecule has 0 fully saturated rings. The number of amidine groups is 1. The van der Waals surface area contributed by atoms with Crippen LogP contribution < -0.4 is 15.8 Å². The molecule has 4 N–H and O–H groups in total. The molecule has 1 rings (SSSR count). The maximum absolute atomic E-state index is 12.3. The molecule has 1 aromatic rings. The van der Waals surface area contributed by atoms with Crippen LogP contribution in [0, 0.1) is 5.41 Å². The van der Waals surface area contributed by atoms with Crippen molar-refractivity contribution in [1.29, 1.82) is 0 Å². The smallest absolute Gasteiger partial charge is 0.387 e. The number of alkyl halides is 2. The van der Waals surface area contributed by atoms with Crippen LogP contribution in [0.3, 0.4) is 0 Å². The van der Waals surface area contributed by atoms with Crippen molar-refractivity contribution < 1.29 is 18.7 Å². The van der Waals surface area contributed by atoms with Crippen molar-refractivity contribution in [2.45, 2.75) is 26.9 Å². The molecule has 0 heterocycles. The van der Waals surface area contributed by atoms with Gasteiger partial charge in [0, 0.05) is 12.0 Å². The van der Waals surface area contributed by atoms with Crippen LogP contribution in [0.25, 0.3) is 0 Å². The maximum atomic E-state index is 12.3. The molecule has 20 heavy (non-hydrogen) atoms. The number of anilines is 1. The quantitative estimate of drug-likeness (QED) is 0.312. The van der Waals surface area contributed by atoms with Gasteiger partial charge >= 0.3 is 6.61 Å². The largest absolute Gasteiger partial charge is 0.433 e. The fourth-order valence-electron chi connectivity index (χ4n) is 1.58. The maximum Gasteiger partial charge on any atom is 0.387 e. The number of para-hydroxylation sites is 2. The SMILES string of the molecule is CC(C)(CCNc1ccccc1OC(F)F)C(N)=NO. The second-order valence-electron chi connectivity index (χ2n) is 4.92. The van der Waals surface area contributed by atoms with E-state index in [1.54, 1.807) is 18.2 Å². The highest BCUT2D eigenvalue weighted by Crippen LogP contribution is 2.27. The van der Waals surface area contributed by atoms with E-state index in [2.05, 4.69) is 15.2 Å². The zero-order chi connectivity index (χ0) is 15.2. The molecular weight excluding hydrogens is 268 g/mol. The van der Waals surface area contributed by atoms with Gasteiger partial charge in [0.15, 0.2) is 0 Å². The number of nitrogens with one attached hydrogen (secondary N) is 1. The Bertz CT molecular complexity index is 465. The highest BCUT2D eigenvalue weighted by Gasteiger charge is 2.23. The minimum atomic E-state index is -2.87. The standard InChI is InChI=1S/C13H19F2N3O2/c1-13(2,11(16)18-19)7-8-17-9-5-3-4-6-10(9)20-12(14)15/h3-6,12,17,19H,7-8H2,1-2H3,(H2,16,18). The molecule has 0 atom stereocenters. The summed E-state index contributed by atoms with van der Waals surface area (Å²) in [4.78, 5) is 0. The number of nitrogens with zero attached hydrogens (tertiary/aromatic N) is 1. The van der Waals surface area contributed by atoms with Crippen molar-refractivity contribution in [3.8, 4) is 5.75 Å². The third-order valence-corrected chi connectivity index (χ3v) is 2.97. The van der Waals surface area contributed by atoms with Gasteiger partial charge in [-0.25, -0.2) is 0 Å². The van der Waals surface area contributed by atoms with Gasteiger partial charge in [-0.1, -0.05) is 31.1 Å². The van der Waals surface area contributed by atoms with E-state index in [0.717, 1.165) is 0 Å². The molecule has 0 aliphatic heterocycles. The molecule has 0 saturated carbocycles. The van der Waals surface area contributed by atoms with Crippen molar-refractivity contribution in [2.24, 2.45) is 16.3 Å². The number of hydrogen-bond donors (Lipinski definition) is 3. The van der Waals surface area contributed by atoms with Crippen LogP contribution in [-0.4, -0.2) is 24.2 Å². The molecule has 0 aliphatic rings. The van der Waals surface area contributed by atoms with Crippen LogP contribution in [0.1, 0.15) is 20.3 Å². The van der Waals surface area contributed by atoms with Gasteiger partial charge in [0.25, 0.3) is 0 Å². The predicted octanol–water partition coefficient (Wildman–Crippen LogP) is 2.86. The van der Waals surface area contributed by atoms with Crippen LogP contribution in [0.15, 0.2) is 29.4 Å². The molecule has 5 nitrogen and oxygen atoms in total. The van der Waals surface area contributed by atoms with Gasteiger partial charge in [0.05, 0.1) is 5.69 Å². The van der Waals surface area contributed by atoms with Gasteiger partial charge < -0.3 is 21.0 Å². The van der Waals surface area contributed by atoms with Crippen molar-refractivity contribution in [2.75, 3.05) is 11.9 Å². The second kappa shape index (κ2) is 6.93. The second-order valence-corrected chi connectivity index (χ2v) is 4.92. The van der Waals surface area contributed by atoms with Crippen LogP contribution >= 0.6 is 0 Å². The Balaban J connectivity index is 2.62.